The van der Waals surface area contributed by atoms with Crippen molar-refractivity contribution < 1.29 is 19.4 Å². The van der Waals surface area contributed by atoms with Gasteiger partial charge in [0.1, 0.15) is 5.60 Å². The number of rotatable bonds is 4. The summed E-state index contributed by atoms with van der Waals surface area (Å²) in [6.45, 7) is 0.413. The van der Waals surface area contributed by atoms with Crippen molar-refractivity contribution in [2.45, 2.75) is 11.7 Å². The summed E-state index contributed by atoms with van der Waals surface area (Å²) in [5.74, 6) is -1.47. The van der Waals surface area contributed by atoms with E-state index in [0.717, 1.165) is 5.69 Å². The van der Waals surface area contributed by atoms with Crippen LogP contribution in [0.1, 0.15) is 0 Å². The van der Waals surface area contributed by atoms with Crippen LogP contribution in [0.4, 0.5) is 5.69 Å². The highest BCUT2D eigenvalue weighted by Crippen LogP contribution is 2.52. The summed E-state index contributed by atoms with van der Waals surface area (Å²) in [7, 11) is 0. The molecular formula is C17H17ClN2O4. The van der Waals surface area contributed by atoms with E-state index in [0.29, 0.717) is 11.6 Å². The molecule has 1 spiro atoms. The number of hydrogen-bond donors (Lipinski definition) is 2. The largest absolute Gasteiger partial charge is 0.395 e. The fourth-order valence-electron chi connectivity index (χ4n) is 3.93. The number of fused-ring (bicyclic) bond motifs is 1. The van der Waals surface area contributed by atoms with Gasteiger partial charge in [-0.05, 0) is 24.3 Å². The summed E-state index contributed by atoms with van der Waals surface area (Å²) in [6.07, 6.45) is 3.38. The van der Waals surface area contributed by atoms with Gasteiger partial charge in [0.25, 0.3) is 0 Å². The van der Waals surface area contributed by atoms with E-state index in [1.165, 1.54) is 0 Å². The molecular weight excluding hydrogens is 332 g/mol. The molecule has 1 aromatic carbocycles. The van der Waals surface area contributed by atoms with Gasteiger partial charge in [-0.25, -0.2) is 0 Å². The van der Waals surface area contributed by atoms with Gasteiger partial charge in [0, 0.05) is 17.3 Å². The summed E-state index contributed by atoms with van der Waals surface area (Å²) in [6, 6.07) is 7.04. The second-order valence-corrected chi connectivity index (χ2v) is 6.75. The van der Waals surface area contributed by atoms with Crippen molar-refractivity contribution in [3.05, 3.63) is 41.4 Å². The van der Waals surface area contributed by atoms with Gasteiger partial charge < -0.3 is 20.1 Å². The molecule has 3 heterocycles. The molecule has 4 atom stereocenters. The number of anilines is 1. The van der Waals surface area contributed by atoms with Crippen LogP contribution in [0.5, 0.6) is 0 Å². The number of hydrogen-bond acceptors (Lipinski definition) is 4. The van der Waals surface area contributed by atoms with Crippen LogP contribution in [0.15, 0.2) is 36.4 Å². The number of ether oxygens (including phenoxy) is 1. The second-order valence-electron chi connectivity index (χ2n) is 6.32. The number of halogens is 1. The van der Waals surface area contributed by atoms with Gasteiger partial charge in [-0.2, -0.15) is 0 Å². The Kier molecular flexibility index (Phi) is 3.63. The van der Waals surface area contributed by atoms with Crippen molar-refractivity contribution in [2.24, 2.45) is 11.8 Å². The molecule has 0 saturated carbocycles. The lowest BCUT2D eigenvalue weighted by Gasteiger charge is -2.23. The number of nitrogens with zero attached hydrogens (tertiary/aromatic N) is 1. The predicted molar refractivity (Wildman–Crippen MR) is 87.6 cm³/mol. The minimum absolute atomic E-state index is 0.117. The molecule has 1 aromatic rings. The minimum Gasteiger partial charge on any atom is -0.395 e. The van der Waals surface area contributed by atoms with Crippen LogP contribution in [0, 0.1) is 11.8 Å². The third-order valence-electron chi connectivity index (χ3n) is 4.95. The Labute approximate surface area is 144 Å². The second kappa shape index (κ2) is 5.58. The zero-order valence-corrected chi connectivity index (χ0v) is 13.6. The molecule has 0 radical (unpaired) electrons. The summed E-state index contributed by atoms with van der Waals surface area (Å²) in [5.41, 5.74) is -0.00839. The maximum absolute atomic E-state index is 13.0. The van der Waals surface area contributed by atoms with Crippen LogP contribution in [0.3, 0.4) is 0 Å². The monoisotopic (exact) mass is 348 g/mol. The van der Waals surface area contributed by atoms with Crippen LogP contribution in [0.2, 0.25) is 5.02 Å². The summed E-state index contributed by atoms with van der Waals surface area (Å²) in [5, 5.41) is 12.2. The number of aliphatic hydroxyl groups excluding tert-OH is 1. The van der Waals surface area contributed by atoms with E-state index in [-0.39, 0.29) is 31.1 Å². The lowest BCUT2D eigenvalue weighted by Crippen LogP contribution is -2.44. The molecule has 0 unspecified atom stereocenters. The van der Waals surface area contributed by atoms with Crippen molar-refractivity contribution in [3.63, 3.8) is 0 Å². The van der Waals surface area contributed by atoms with E-state index < -0.39 is 17.4 Å². The van der Waals surface area contributed by atoms with Crippen LogP contribution < -0.4 is 10.2 Å². The van der Waals surface area contributed by atoms with Gasteiger partial charge in [0.15, 0.2) is 0 Å². The van der Waals surface area contributed by atoms with E-state index in [4.69, 9.17) is 21.4 Å². The molecule has 2 amide bonds. The van der Waals surface area contributed by atoms with Crippen molar-refractivity contribution >= 4 is 29.1 Å². The highest BCUT2D eigenvalue weighted by atomic mass is 35.5. The summed E-state index contributed by atoms with van der Waals surface area (Å²) >= 11 is 5.91. The van der Waals surface area contributed by atoms with Crippen LogP contribution in [0.25, 0.3) is 0 Å². The van der Waals surface area contributed by atoms with Gasteiger partial charge in [0.2, 0.25) is 11.8 Å². The number of carbonyl (C=O) groups excluding carboxylic acids is 2. The lowest BCUT2D eigenvalue weighted by atomic mass is 9.77. The Morgan fingerprint density at radius 3 is 2.88 bits per heavy atom. The first-order chi connectivity index (χ1) is 11.6. The van der Waals surface area contributed by atoms with Gasteiger partial charge in [-0.3, -0.25) is 9.59 Å². The first-order valence-electron chi connectivity index (χ1n) is 7.88. The molecule has 2 saturated heterocycles. The molecule has 24 heavy (non-hydrogen) atoms. The molecule has 0 aliphatic carbocycles. The van der Waals surface area contributed by atoms with Crippen molar-refractivity contribution in [1.82, 2.24) is 5.32 Å². The van der Waals surface area contributed by atoms with Crippen LogP contribution >= 0.6 is 11.6 Å². The molecule has 0 aromatic heterocycles. The first kappa shape index (κ1) is 15.6. The van der Waals surface area contributed by atoms with E-state index in [9.17, 15) is 9.59 Å². The Balaban J connectivity index is 1.64. The highest BCUT2D eigenvalue weighted by Gasteiger charge is 2.66. The van der Waals surface area contributed by atoms with E-state index in [1.54, 1.807) is 29.2 Å². The molecule has 126 valence electrons. The fourth-order valence-corrected chi connectivity index (χ4v) is 4.06. The Hall–Kier alpha value is -1.89. The number of aliphatic hydroxyl groups is 1. The molecule has 2 N–H and O–H groups in total. The molecule has 3 aliphatic rings. The van der Waals surface area contributed by atoms with Gasteiger partial charge in [-0.15, -0.1) is 0 Å². The lowest BCUT2D eigenvalue weighted by molar-refractivity contribution is -0.132. The molecule has 2 bridgehead atoms. The maximum Gasteiger partial charge on any atom is 0.234 e. The average molecular weight is 349 g/mol. The Bertz CT molecular complexity index is 720. The zero-order chi connectivity index (χ0) is 16.9. The zero-order valence-electron chi connectivity index (χ0n) is 12.8. The van der Waals surface area contributed by atoms with Crippen molar-refractivity contribution in [3.8, 4) is 0 Å². The maximum atomic E-state index is 13.0. The van der Waals surface area contributed by atoms with E-state index >= 15 is 0 Å². The molecule has 2 fully saturated rings. The SMILES string of the molecule is O=C(NCCO)[C@H]1[C@H]2C(=O)N(c3ccc(Cl)cc3)C[C@]23C=C[C@H]1O3. The van der Waals surface area contributed by atoms with E-state index in [2.05, 4.69) is 5.32 Å². The van der Waals surface area contributed by atoms with Crippen molar-refractivity contribution in [1.29, 1.82) is 0 Å². The summed E-state index contributed by atoms with van der Waals surface area (Å²) < 4.78 is 6.02. The highest BCUT2D eigenvalue weighted by molar-refractivity contribution is 6.30. The normalized spacial score (nSPS) is 33.2. The first-order valence-corrected chi connectivity index (χ1v) is 8.26. The third-order valence-corrected chi connectivity index (χ3v) is 5.20. The molecule has 7 heteroatoms. The Morgan fingerprint density at radius 2 is 2.17 bits per heavy atom. The van der Waals surface area contributed by atoms with Crippen LogP contribution in [-0.2, 0) is 14.3 Å². The molecule has 3 aliphatic heterocycles. The standard InChI is InChI=1S/C17H17ClN2O4/c18-10-1-3-11(4-2-10)20-9-17-6-5-12(24-17)13(14(17)16(20)23)15(22)19-7-8-21/h1-6,12-14,21H,7-9H2,(H,19,22)/t12-,13-,14+,17-/m1/s1. The quantitative estimate of drug-likeness (QED) is 0.786. The van der Waals surface area contributed by atoms with Crippen molar-refractivity contribution in [2.75, 3.05) is 24.6 Å². The average Bonchev–Trinajstić information content (AvgIpc) is 3.22. The fraction of sp³-hybridized carbons (Fsp3) is 0.412. The van der Waals surface area contributed by atoms with E-state index in [1.807, 2.05) is 12.2 Å². The number of benzene rings is 1. The molecule has 4 rings (SSSR count). The van der Waals surface area contributed by atoms with Gasteiger partial charge in [-0.1, -0.05) is 23.8 Å². The van der Waals surface area contributed by atoms with Crippen LogP contribution in [-0.4, -0.2) is 48.3 Å². The summed E-state index contributed by atoms with van der Waals surface area (Å²) in [4.78, 5) is 27.1. The number of amides is 2. The third kappa shape index (κ3) is 2.17. The molecule has 6 nitrogen and oxygen atoms in total. The smallest absolute Gasteiger partial charge is 0.234 e. The van der Waals surface area contributed by atoms with Gasteiger partial charge >= 0.3 is 0 Å². The Morgan fingerprint density at radius 1 is 1.42 bits per heavy atom. The minimum atomic E-state index is -0.747. The number of carbonyl (C=O) groups is 2. The number of nitrogens with one attached hydrogen (secondary N) is 1. The predicted octanol–water partition coefficient (Wildman–Crippen LogP) is 0.735. The topological polar surface area (TPSA) is 78.9 Å². The van der Waals surface area contributed by atoms with Gasteiger partial charge in [0.05, 0.1) is 31.1 Å².